The maximum atomic E-state index is 11.1. The fourth-order valence-electron chi connectivity index (χ4n) is 3.56. The molecule has 159 valence electrons. The van der Waals surface area contributed by atoms with Crippen LogP contribution in [-0.2, 0) is 26.5 Å². The fraction of sp³-hybridized carbons (Fsp3) is 0.750. The Balaban J connectivity index is 0. The van der Waals surface area contributed by atoms with Gasteiger partial charge in [-0.2, -0.15) is 28.3 Å². The van der Waals surface area contributed by atoms with Gasteiger partial charge < -0.3 is 10.5 Å². The molecule has 1 aromatic carbocycles. The van der Waals surface area contributed by atoms with Gasteiger partial charge in [0.25, 0.3) is 0 Å². The second-order valence-electron chi connectivity index (χ2n) is 8.16. The van der Waals surface area contributed by atoms with E-state index < -0.39 is 0 Å². The van der Waals surface area contributed by atoms with Gasteiger partial charge in [-0.1, -0.05) is 98.6 Å². The molecule has 0 saturated heterocycles. The van der Waals surface area contributed by atoms with Crippen molar-refractivity contribution in [2.24, 2.45) is 5.92 Å². The second-order valence-corrected chi connectivity index (χ2v) is 9.31. The summed E-state index contributed by atoms with van der Waals surface area (Å²) in [4.78, 5) is 11.1. The minimum absolute atomic E-state index is 0. The molecule has 1 fully saturated rings. The van der Waals surface area contributed by atoms with Crippen molar-refractivity contribution in [1.82, 2.24) is 0 Å². The number of hydrogen-bond acceptors (Lipinski definition) is 1. The average Bonchev–Trinajstić information content (AvgIpc) is 2.82. The van der Waals surface area contributed by atoms with Gasteiger partial charge in [0.05, 0.1) is 5.91 Å². The summed E-state index contributed by atoms with van der Waals surface area (Å²) >= 11 is 0. The van der Waals surface area contributed by atoms with Crippen LogP contribution in [0.3, 0.4) is 0 Å². The largest absolute Gasteiger partial charge is 2.00 e. The van der Waals surface area contributed by atoms with Gasteiger partial charge in [0.2, 0.25) is 0 Å². The quantitative estimate of drug-likeness (QED) is 0.328. The van der Waals surface area contributed by atoms with Crippen LogP contribution in [0.4, 0.5) is 0 Å². The molecule has 2 nitrogen and oxygen atoms in total. The number of carbonyl (C=O) groups is 1. The monoisotopic (exact) mass is 438 g/mol. The van der Waals surface area contributed by atoms with Crippen molar-refractivity contribution in [3.05, 3.63) is 34.1 Å². The summed E-state index contributed by atoms with van der Waals surface area (Å²) in [6.07, 6.45) is 13.5. The summed E-state index contributed by atoms with van der Waals surface area (Å²) in [6.45, 7) is 13.1. The van der Waals surface area contributed by atoms with Crippen LogP contribution >= 0.6 is 0 Å². The molecule has 0 unspecified atom stereocenters. The van der Waals surface area contributed by atoms with Crippen molar-refractivity contribution >= 4 is 15.4 Å². The Hall–Kier alpha value is -0.249. The molecule has 0 atom stereocenters. The van der Waals surface area contributed by atoms with E-state index in [9.17, 15) is 4.79 Å². The van der Waals surface area contributed by atoms with Gasteiger partial charge >= 0.3 is 21.7 Å². The SMILES string of the molecule is C[SiH]C.Cc1c[c-](C)c(C)c1C.[NH-]C(=O)C1CCCCCCCCCCC1.[Ti+2]. The third-order valence-electron chi connectivity index (χ3n) is 5.65. The molecule has 0 aliphatic heterocycles. The molecule has 1 amide bonds. The summed E-state index contributed by atoms with van der Waals surface area (Å²) in [5.41, 5.74) is 13.0. The molecule has 2 rings (SSSR count). The molecule has 1 aliphatic rings. The van der Waals surface area contributed by atoms with Crippen molar-refractivity contribution in [3.8, 4) is 0 Å². The van der Waals surface area contributed by atoms with E-state index in [0.717, 1.165) is 35.2 Å². The van der Waals surface area contributed by atoms with E-state index in [-0.39, 0.29) is 33.5 Å². The molecule has 1 aliphatic carbocycles. The van der Waals surface area contributed by atoms with Crippen LogP contribution < -0.4 is 0 Å². The molecule has 1 aromatic rings. The Labute approximate surface area is 192 Å². The summed E-state index contributed by atoms with van der Waals surface area (Å²) in [5.74, 6) is -0.281. The zero-order valence-electron chi connectivity index (χ0n) is 19.4. The topological polar surface area (TPSA) is 40.9 Å². The van der Waals surface area contributed by atoms with Crippen molar-refractivity contribution in [2.75, 3.05) is 0 Å². The predicted molar refractivity (Wildman–Crippen MR) is 123 cm³/mol. The number of nitrogens with one attached hydrogen (secondary N) is 1. The van der Waals surface area contributed by atoms with Gasteiger partial charge in [0.15, 0.2) is 0 Å². The number of rotatable bonds is 1. The number of carbonyl (C=O) groups excluding carboxylic acids is 1. The van der Waals surface area contributed by atoms with Crippen LogP contribution in [0.2, 0.25) is 13.1 Å². The molecule has 1 saturated carbocycles. The van der Waals surface area contributed by atoms with E-state index in [4.69, 9.17) is 5.73 Å². The zero-order chi connectivity index (χ0) is 20.7. The normalized spacial score (nSPS) is 16.1. The van der Waals surface area contributed by atoms with Crippen LogP contribution in [-0.4, -0.2) is 15.4 Å². The summed E-state index contributed by atoms with van der Waals surface area (Å²) in [7, 11) is 0.750. The second kappa shape index (κ2) is 18.8. The van der Waals surface area contributed by atoms with Crippen LogP contribution in [0.5, 0.6) is 0 Å². The molecule has 28 heavy (non-hydrogen) atoms. The maximum absolute atomic E-state index is 11.1. The van der Waals surface area contributed by atoms with Gasteiger partial charge in [-0.25, -0.2) is 0 Å². The van der Waals surface area contributed by atoms with Crippen LogP contribution in [0.25, 0.3) is 5.73 Å². The first-order chi connectivity index (χ1) is 12.8. The summed E-state index contributed by atoms with van der Waals surface area (Å²) in [5, 5.41) is 0. The minimum atomic E-state index is -0.327. The molecule has 1 N–H and O–H groups in total. The van der Waals surface area contributed by atoms with Crippen molar-refractivity contribution in [1.29, 1.82) is 0 Å². The Morgan fingerprint density at radius 2 is 1.29 bits per heavy atom. The molecule has 0 bridgehead atoms. The Morgan fingerprint density at radius 1 is 0.929 bits per heavy atom. The Bertz CT molecular complexity index is 478. The molecule has 1 radical (unpaired) electrons. The van der Waals surface area contributed by atoms with Crippen molar-refractivity contribution < 1.29 is 26.5 Å². The van der Waals surface area contributed by atoms with Crippen LogP contribution in [0, 0.1) is 33.6 Å². The molecular formula is C24H44NOSiTi. The van der Waals surface area contributed by atoms with Gasteiger partial charge in [0, 0.05) is 15.4 Å². The van der Waals surface area contributed by atoms with E-state index in [1.165, 1.54) is 67.2 Å². The molecular weight excluding hydrogens is 394 g/mol. The number of aryl methyl sites for hydroxylation is 2. The first-order valence-corrected chi connectivity index (χ1v) is 13.4. The standard InChI is InChI=1S/C13H25NO.C9H13.C2H7Si.Ti/c14-13(15)12-10-8-6-4-2-1-3-5-7-9-11-12;1-6-5-7(2)9(4)8(6)3;1-3-2;/h12H,1-11H2,(H2,14,15);5H,1-4H3;3H,1-2H3;/q;-1;;+2/p-1. The maximum Gasteiger partial charge on any atom is 2.00 e. The van der Waals surface area contributed by atoms with E-state index in [2.05, 4.69) is 46.9 Å². The molecule has 0 spiro atoms. The number of amides is 1. The van der Waals surface area contributed by atoms with Crippen LogP contribution in [0.15, 0.2) is 6.07 Å². The van der Waals surface area contributed by atoms with Gasteiger partial charge in [-0.15, -0.1) is 0 Å². The summed E-state index contributed by atoms with van der Waals surface area (Å²) < 4.78 is 0. The Kier molecular flexibility index (Phi) is 20.1. The number of hydrogen-bond donors (Lipinski definition) is 0. The van der Waals surface area contributed by atoms with Crippen molar-refractivity contribution in [3.63, 3.8) is 0 Å². The Morgan fingerprint density at radius 3 is 1.50 bits per heavy atom. The van der Waals surface area contributed by atoms with E-state index in [0.29, 0.717) is 0 Å². The predicted octanol–water partition coefficient (Wildman–Crippen LogP) is 7.64. The van der Waals surface area contributed by atoms with Crippen LogP contribution in [0.1, 0.15) is 92.9 Å². The first-order valence-electron chi connectivity index (χ1n) is 11.0. The van der Waals surface area contributed by atoms with E-state index >= 15 is 0 Å². The molecule has 4 heteroatoms. The third kappa shape index (κ3) is 13.8. The van der Waals surface area contributed by atoms with Gasteiger partial charge in [-0.3, -0.25) is 0 Å². The van der Waals surface area contributed by atoms with Gasteiger partial charge in [-0.05, 0) is 12.8 Å². The fourth-order valence-corrected chi connectivity index (χ4v) is 3.56. The van der Waals surface area contributed by atoms with Gasteiger partial charge in [0.1, 0.15) is 0 Å². The first kappa shape index (κ1) is 29.9. The zero-order valence-corrected chi connectivity index (χ0v) is 22.1. The minimum Gasteiger partial charge on any atom is -0.668 e. The summed E-state index contributed by atoms with van der Waals surface area (Å²) in [6, 6.07) is 2.24. The molecule has 0 heterocycles. The van der Waals surface area contributed by atoms with E-state index in [1.54, 1.807) is 0 Å². The third-order valence-corrected chi connectivity index (χ3v) is 5.65. The van der Waals surface area contributed by atoms with Crippen molar-refractivity contribution in [2.45, 2.75) is 111 Å². The molecule has 0 aromatic heterocycles. The average molecular weight is 439 g/mol. The van der Waals surface area contributed by atoms with E-state index in [1.807, 2.05) is 0 Å². The smallest absolute Gasteiger partial charge is 0.668 e.